The van der Waals surface area contributed by atoms with E-state index in [0.717, 1.165) is 5.56 Å². The summed E-state index contributed by atoms with van der Waals surface area (Å²) in [5.41, 5.74) is 1.32. The van der Waals surface area contributed by atoms with Gasteiger partial charge in [0.15, 0.2) is 0 Å². The molecule has 0 saturated carbocycles. The Morgan fingerprint density at radius 3 is 2.33 bits per heavy atom. The van der Waals surface area contributed by atoms with E-state index in [4.69, 9.17) is 0 Å². The topological polar surface area (TPSA) is 37.3 Å². The molecule has 0 aliphatic rings. The second-order valence-electron chi connectivity index (χ2n) is 3.10. The van der Waals surface area contributed by atoms with E-state index in [0.29, 0.717) is 11.6 Å². The summed E-state index contributed by atoms with van der Waals surface area (Å²) in [4.78, 5) is 10.6. The zero-order chi connectivity index (χ0) is 11.4. The maximum atomic E-state index is 11.9. The van der Waals surface area contributed by atoms with E-state index in [1.807, 2.05) is 6.92 Å². The van der Waals surface area contributed by atoms with E-state index in [2.05, 4.69) is 0 Å². The van der Waals surface area contributed by atoms with Crippen LogP contribution >= 0.6 is 0 Å². The molecule has 80 valence electrons. The Hall–Kier alpha value is -1.71. The average Bonchev–Trinajstić information content (AvgIpc) is 2.18. The number of halogens is 2. The molecule has 2 nitrogen and oxygen atoms in total. The number of carbonyl (C=O) groups excluding carboxylic acids is 1. The lowest BCUT2D eigenvalue weighted by Crippen LogP contribution is -2.06. The first-order valence-corrected chi connectivity index (χ1v) is 4.30. The lowest BCUT2D eigenvalue weighted by Gasteiger charge is -2.00. The Labute approximate surface area is 85.9 Å². The molecule has 0 saturated heterocycles. The summed E-state index contributed by atoms with van der Waals surface area (Å²) in [6, 6.07) is 6.54. The molecular weight excluding hydrogens is 202 g/mol. The van der Waals surface area contributed by atoms with Gasteiger partial charge in [-0.15, -0.1) is 0 Å². The summed E-state index contributed by atoms with van der Waals surface area (Å²) in [6.07, 6.45) is -2.55. The summed E-state index contributed by atoms with van der Waals surface area (Å²) in [5.74, 6) is -1.84. The molecule has 1 aromatic carbocycles. The number of alkyl halides is 2. The van der Waals surface area contributed by atoms with Gasteiger partial charge in [0.05, 0.1) is 0 Å². The smallest absolute Gasteiger partial charge is 0.300 e. The predicted molar refractivity (Wildman–Crippen MR) is 52.8 cm³/mol. The number of rotatable bonds is 3. The van der Waals surface area contributed by atoms with Crippen molar-refractivity contribution in [2.75, 3.05) is 0 Å². The molecule has 0 aliphatic carbocycles. The van der Waals surface area contributed by atoms with Gasteiger partial charge < -0.3 is 5.11 Å². The maximum Gasteiger partial charge on any atom is 0.300 e. The van der Waals surface area contributed by atoms with Gasteiger partial charge in [0, 0.05) is 11.6 Å². The fraction of sp³-hybridized carbons (Fsp3) is 0.182. The summed E-state index contributed by atoms with van der Waals surface area (Å²) in [6.45, 7) is 1.86. The Morgan fingerprint density at radius 2 is 1.87 bits per heavy atom. The van der Waals surface area contributed by atoms with Crippen molar-refractivity contribution in [1.82, 2.24) is 0 Å². The molecule has 0 amide bonds. The summed E-state index contributed by atoms with van der Waals surface area (Å²) in [7, 11) is 0. The molecule has 1 N–H and O–H groups in total. The third-order valence-electron chi connectivity index (χ3n) is 1.84. The average molecular weight is 212 g/mol. The molecule has 0 bridgehead atoms. The molecule has 1 aromatic rings. The number of hydrogen-bond acceptors (Lipinski definition) is 2. The molecule has 0 unspecified atom stereocenters. The number of benzene rings is 1. The van der Waals surface area contributed by atoms with Gasteiger partial charge in [-0.2, -0.15) is 0 Å². The number of hydrogen-bond donors (Lipinski definition) is 1. The van der Waals surface area contributed by atoms with Crippen molar-refractivity contribution in [3.8, 4) is 0 Å². The lowest BCUT2D eigenvalue weighted by atomic mass is 10.1. The van der Waals surface area contributed by atoms with Crippen LogP contribution in [-0.4, -0.2) is 17.3 Å². The van der Waals surface area contributed by atoms with Crippen LogP contribution in [-0.2, 0) is 4.79 Å². The fourth-order valence-electron chi connectivity index (χ4n) is 1.01. The first kappa shape index (κ1) is 11.4. The van der Waals surface area contributed by atoms with Gasteiger partial charge in [-0.1, -0.05) is 29.8 Å². The number of ketones is 1. The van der Waals surface area contributed by atoms with Crippen molar-refractivity contribution in [2.24, 2.45) is 0 Å². The van der Waals surface area contributed by atoms with Gasteiger partial charge in [0.2, 0.25) is 5.78 Å². The van der Waals surface area contributed by atoms with Crippen LogP contribution in [0.25, 0.3) is 5.76 Å². The van der Waals surface area contributed by atoms with E-state index in [1.165, 1.54) is 0 Å². The number of aliphatic hydroxyl groups is 1. The second-order valence-corrected chi connectivity index (χ2v) is 3.10. The molecule has 1 rings (SSSR count). The first-order chi connectivity index (χ1) is 7.00. The first-order valence-electron chi connectivity index (χ1n) is 4.30. The van der Waals surface area contributed by atoms with Crippen molar-refractivity contribution < 1.29 is 18.7 Å². The van der Waals surface area contributed by atoms with Gasteiger partial charge >= 0.3 is 0 Å². The van der Waals surface area contributed by atoms with Crippen LogP contribution in [0.4, 0.5) is 8.78 Å². The normalized spacial score (nSPS) is 11.9. The van der Waals surface area contributed by atoms with Gasteiger partial charge in [-0.25, -0.2) is 8.78 Å². The summed E-state index contributed by atoms with van der Waals surface area (Å²) >= 11 is 0. The van der Waals surface area contributed by atoms with E-state index in [9.17, 15) is 18.7 Å². The molecular formula is C11H10F2O2. The minimum absolute atomic E-state index is 0.342. The Morgan fingerprint density at radius 1 is 1.33 bits per heavy atom. The van der Waals surface area contributed by atoms with Crippen LogP contribution in [0, 0.1) is 6.92 Å². The third kappa shape index (κ3) is 3.16. The van der Waals surface area contributed by atoms with E-state index >= 15 is 0 Å². The molecule has 0 spiro atoms. The minimum Gasteiger partial charge on any atom is -0.507 e. The molecule has 0 heterocycles. The molecule has 0 fully saturated rings. The highest BCUT2D eigenvalue weighted by molar-refractivity contribution is 5.97. The highest BCUT2D eigenvalue weighted by Gasteiger charge is 2.13. The van der Waals surface area contributed by atoms with Crippen LogP contribution in [0.2, 0.25) is 0 Å². The molecule has 4 heteroatoms. The molecule has 0 aromatic heterocycles. The second kappa shape index (κ2) is 4.68. The Bertz CT molecular complexity index is 380. The van der Waals surface area contributed by atoms with Gasteiger partial charge in [0.25, 0.3) is 6.43 Å². The Kier molecular flexibility index (Phi) is 3.55. The van der Waals surface area contributed by atoms with Gasteiger partial charge in [-0.05, 0) is 6.92 Å². The molecule has 0 atom stereocenters. The molecule has 0 radical (unpaired) electrons. The SMILES string of the molecule is Cc1ccc(C(O)=CC(=O)C(F)F)cc1. The Balaban J connectivity index is 2.89. The molecule has 15 heavy (non-hydrogen) atoms. The predicted octanol–water partition coefficient (Wildman–Crippen LogP) is 2.73. The van der Waals surface area contributed by atoms with E-state index < -0.39 is 18.0 Å². The third-order valence-corrected chi connectivity index (χ3v) is 1.84. The molecule has 0 aliphatic heterocycles. The van der Waals surface area contributed by atoms with Crippen molar-refractivity contribution in [3.05, 3.63) is 41.5 Å². The van der Waals surface area contributed by atoms with Crippen molar-refractivity contribution in [3.63, 3.8) is 0 Å². The largest absolute Gasteiger partial charge is 0.507 e. The number of carbonyl (C=O) groups is 1. The lowest BCUT2D eigenvalue weighted by molar-refractivity contribution is -0.124. The van der Waals surface area contributed by atoms with E-state index in [-0.39, 0.29) is 0 Å². The van der Waals surface area contributed by atoms with Crippen LogP contribution in [0.1, 0.15) is 11.1 Å². The van der Waals surface area contributed by atoms with Gasteiger partial charge in [0.1, 0.15) is 5.76 Å². The number of aryl methyl sites for hydroxylation is 1. The quantitative estimate of drug-likeness (QED) is 0.617. The standard InChI is InChI=1S/C11H10F2O2/c1-7-2-4-8(5-3-7)9(14)6-10(15)11(12)13/h2-6,11,14H,1H3. The maximum absolute atomic E-state index is 11.9. The van der Waals surface area contributed by atoms with Crippen LogP contribution in [0.15, 0.2) is 30.3 Å². The van der Waals surface area contributed by atoms with Crippen LogP contribution < -0.4 is 0 Å². The number of aliphatic hydroxyl groups excluding tert-OH is 1. The van der Waals surface area contributed by atoms with Crippen LogP contribution in [0.3, 0.4) is 0 Å². The van der Waals surface area contributed by atoms with E-state index in [1.54, 1.807) is 24.3 Å². The van der Waals surface area contributed by atoms with Crippen molar-refractivity contribution in [2.45, 2.75) is 13.3 Å². The highest BCUT2D eigenvalue weighted by Crippen LogP contribution is 2.13. The summed E-state index contributed by atoms with van der Waals surface area (Å²) < 4.78 is 23.7. The summed E-state index contributed by atoms with van der Waals surface area (Å²) in [5, 5.41) is 9.34. The van der Waals surface area contributed by atoms with Crippen molar-refractivity contribution in [1.29, 1.82) is 0 Å². The fourth-order valence-corrected chi connectivity index (χ4v) is 1.01. The zero-order valence-electron chi connectivity index (χ0n) is 8.08. The van der Waals surface area contributed by atoms with Crippen LogP contribution in [0.5, 0.6) is 0 Å². The monoisotopic (exact) mass is 212 g/mol. The zero-order valence-corrected chi connectivity index (χ0v) is 8.08. The number of allylic oxidation sites excluding steroid dienone is 1. The van der Waals surface area contributed by atoms with Crippen molar-refractivity contribution >= 4 is 11.5 Å². The van der Waals surface area contributed by atoms with Gasteiger partial charge in [-0.3, -0.25) is 4.79 Å². The highest BCUT2D eigenvalue weighted by atomic mass is 19.3. The minimum atomic E-state index is -3.09.